The fourth-order valence-electron chi connectivity index (χ4n) is 1.18. The normalized spacial score (nSPS) is 10.2. The van der Waals surface area contributed by atoms with Crippen molar-refractivity contribution in [2.24, 2.45) is 0 Å². The Kier molecular flexibility index (Phi) is 6.46. The topological polar surface area (TPSA) is 63.4 Å². The standard InChI is InChI=1S/C11H16N2O3S/c1-15-7-8-16-6-5-12-10(14)9-3-2-4-13-11(9)17/h2-4H,5-8H2,1H3,(H,12,14)(H,13,17). The predicted octanol–water partition coefficient (Wildman–Crippen LogP) is 1.14. The minimum Gasteiger partial charge on any atom is -0.382 e. The average Bonchev–Trinajstić information content (AvgIpc) is 2.34. The number of rotatable bonds is 7. The van der Waals surface area contributed by atoms with Gasteiger partial charge in [0.05, 0.1) is 25.4 Å². The first-order chi connectivity index (χ1) is 8.25. The van der Waals surface area contributed by atoms with Crippen molar-refractivity contribution in [3.05, 3.63) is 28.5 Å². The number of pyridine rings is 1. The van der Waals surface area contributed by atoms with Crippen LogP contribution < -0.4 is 5.32 Å². The molecule has 17 heavy (non-hydrogen) atoms. The van der Waals surface area contributed by atoms with Crippen LogP contribution in [0.4, 0.5) is 0 Å². The van der Waals surface area contributed by atoms with Gasteiger partial charge in [0.25, 0.3) is 5.91 Å². The number of carbonyl (C=O) groups excluding carboxylic acids is 1. The number of aromatic amines is 1. The highest BCUT2D eigenvalue weighted by Crippen LogP contribution is 1.98. The maximum Gasteiger partial charge on any atom is 0.254 e. The largest absolute Gasteiger partial charge is 0.382 e. The van der Waals surface area contributed by atoms with Crippen molar-refractivity contribution in [2.75, 3.05) is 33.5 Å². The molecule has 0 saturated heterocycles. The van der Waals surface area contributed by atoms with Crippen LogP contribution in [0, 0.1) is 4.64 Å². The summed E-state index contributed by atoms with van der Waals surface area (Å²) >= 11 is 5.00. The van der Waals surface area contributed by atoms with E-state index in [-0.39, 0.29) is 5.91 Å². The van der Waals surface area contributed by atoms with Crippen molar-refractivity contribution in [3.63, 3.8) is 0 Å². The maximum atomic E-state index is 11.7. The van der Waals surface area contributed by atoms with Crippen molar-refractivity contribution in [3.8, 4) is 0 Å². The molecule has 1 aromatic heterocycles. The third kappa shape index (κ3) is 5.08. The minimum atomic E-state index is -0.192. The summed E-state index contributed by atoms with van der Waals surface area (Å²) in [7, 11) is 1.61. The summed E-state index contributed by atoms with van der Waals surface area (Å²) in [4.78, 5) is 14.5. The van der Waals surface area contributed by atoms with Gasteiger partial charge in [0.2, 0.25) is 0 Å². The molecule has 0 radical (unpaired) electrons. The van der Waals surface area contributed by atoms with Gasteiger partial charge < -0.3 is 19.8 Å². The molecule has 2 N–H and O–H groups in total. The van der Waals surface area contributed by atoms with Crippen LogP contribution in [0.15, 0.2) is 18.3 Å². The van der Waals surface area contributed by atoms with Gasteiger partial charge in [-0.1, -0.05) is 12.2 Å². The Bertz CT molecular complexity index is 406. The molecule has 0 atom stereocenters. The summed E-state index contributed by atoms with van der Waals surface area (Å²) in [6, 6.07) is 3.42. The van der Waals surface area contributed by atoms with Crippen molar-refractivity contribution in [1.29, 1.82) is 0 Å². The van der Waals surface area contributed by atoms with E-state index in [2.05, 4.69) is 10.3 Å². The van der Waals surface area contributed by atoms with Gasteiger partial charge in [0, 0.05) is 19.9 Å². The highest BCUT2D eigenvalue weighted by molar-refractivity contribution is 7.71. The summed E-state index contributed by atoms with van der Waals surface area (Å²) in [5, 5.41) is 2.73. The number of nitrogens with one attached hydrogen (secondary N) is 2. The first kappa shape index (κ1) is 13.8. The van der Waals surface area contributed by atoms with Crippen molar-refractivity contribution in [1.82, 2.24) is 10.3 Å². The molecule has 6 heteroatoms. The van der Waals surface area contributed by atoms with E-state index >= 15 is 0 Å². The smallest absolute Gasteiger partial charge is 0.254 e. The highest BCUT2D eigenvalue weighted by Gasteiger charge is 2.05. The van der Waals surface area contributed by atoms with Gasteiger partial charge in [-0.3, -0.25) is 4.79 Å². The van der Waals surface area contributed by atoms with Crippen molar-refractivity contribution < 1.29 is 14.3 Å². The molecule has 1 aromatic rings. The molecule has 0 aliphatic carbocycles. The SMILES string of the molecule is COCCOCCNC(=O)c1ccc[nH]c1=S. The lowest BCUT2D eigenvalue weighted by Gasteiger charge is -2.06. The van der Waals surface area contributed by atoms with Gasteiger partial charge in [-0.15, -0.1) is 0 Å². The van der Waals surface area contributed by atoms with E-state index in [9.17, 15) is 4.79 Å². The molecule has 0 aromatic carbocycles. The second kappa shape index (κ2) is 7.94. The number of amides is 1. The van der Waals surface area contributed by atoms with Crippen LogP contribution >= 0.6 is 12.2 Å². The summed E-state index contributed by atoms with van der Waals surface area (Å²) in [6.45, 7) is 1.99. The Hall–Kier alpha value is -1.24. The summed E-state index contributed by atoms with van der Waals surface area (Å²) < 4.78 is 10.5. The van der Waals surface area contributed by atoms with Crippen molar-refractivity contribution in [2.45, 2.75) is 0 Å². The van der Waals surface area contributed by atoms with Gasteiger partial charge in [-0.25, -0.2) is 0 Å². The molecule has 1 rings (SSSR count). The predicted molar refractivity (Wildman–Crippen MR) is 66.7 cm³/mol. The minimum absolute atomic E-state index is 0.192. The lowest BCUT2D eigenvalue weighted by atomic mass is 10.3. The van der Waals surface area contributed by atoms with Gasteiger partial charge in [-0.2, -0.15) is 0 Å². The fourth-order valence-corrected chi connectivity index (χ4v) is 1.41. The van der Waals surface area contributed by atoms with Crippen LogP contribution in [0.2, 0.25) is 0 Å². The number of aromatic nitrogens is 1. The second-order valence-electron chi connectivity index (χ2n) is 3.27. The molecule has 0 aliphatic rings. The summed E-state index contributed by atoms with van der Waals surface area (Å²) in [5.74, 6) is -0.192. The molecule has 0 spiro atoms. The molecule has 0 unspecified atom stereocenters. The third-order valence-electron chi connectivity index (χ3n) is 2.03. The first-order valence-electron chi connectivity index (χ1n) is 5.28. The number of hydrogen-bond acceptors (Lipinski definition) is 4. The summed E-state index contributed by atoms with van der Waals surface area (Å²) in [5.41, 5.74) is 0.472. The number of hydrogen-bond donors (Lipinski definition) is 2. The molecule has 1 amide bonds. The molecule has 94 valence electrons. The fraction of sp³-hybridized carbons (Fsp3) is 0.455. The van der Waals surface area contributed by atoms with Gasteiger partial charge in [0.1, 0.15) is 4.64 Å². The lowest BCUT2D eigenvalue weighted by Crippen LogP contribution is -2.28. The van der Waals surface area contributed by atoms with Gasteiger partial charge >= 0.3 is 0 Å². The van der Waals surface area contributed by atoms with Crippen LogP contribution in [0.25, 0.3) is 0 Å². The highest BCUT2D eigenvalue weighted by atomic mass is 32.1. The Morgan fingerprint density at radius 3 is 3.00 bits per heavy atom. The molecule has 5 nitrogen and oxygen atoms in total. The Morgan fingerprint density at radius 2 is 2.29 bits per heavy atom. The van der Waals surface area contributed by atoms with Crippen LogP contribution in [0.5, 0.6) is 0 Å². The summed E-state index contributed by atoms with van der Waals surface area (Å²) in [6.07, 6.45) is 1.69. The third-order valence-corrected chi connectivity index (χ3v) is 2.36. The van der Waals surface area contributed by atoms with E-state index in [1.807, 2.05) is 0 Å². The van der Waals surface area contributed by atoms with Crippen LogP contribution in [0.1, 0.15) is 10.4 Å². The second-order valence-corrected chi connectivity index (χ2v) is 3.68. The van der Waals surface area contributed by atoms with Crippen LogP contribution in [-0.4, -0.2) is 44.4 Å². The molecule has 0 aliphatic heterocycles. The maximum absolute atomic E-state index is 11.7. The van der Waals surface area contributed by atoms with E-state index in [1.165, 1.54) is 0 Å². The molecule has 0 saturated carbocycles. The number of carbonyl (C=O) groups is 1. The van der Waals surface area contributed by atoms with E-state index in [1.54, 1.807) is 25.4 Å². The molecular weight excluding hydrogens is 240 g/mol. The first-order valence-corrected chi connectivity index (χ1v) is 5.69. The molecule has 0 bridgehead atoms. The van der Waals surface area contributed by atoms with Crippen LogP contribution in [0.3, 0.4) is 0 Å². The zero-order valence-corrected chi connectivity index (χ0v) is 10.5. The van der Waals surface area contributed by atoms with Gasteiger partial charge in [0.15, 0.2) is 0 Å². The molecular formula is C11H16N2O3S. The lowest BCUT2D eigenvalue weighted by molar-refractivity contribution is 0.0692. The number of methoxy groups -OCH3 is 1. The van der Waals surface area contributed by atoms with E-state index < -0.39 is 0 Å². The number of H-pyrrole nitrogens is 1. The van der Waals surface area contributed by atoms with E-state index in [0.29, 0.717) is 36.6 Å². The zero-order chi connectivity index (χ0) is 12.5. The number of ether oxygens (including phenoxy) is 2. The van der Waals surface area contributed by atoms with E-state index in [0.717, 1.165) is 0 Å². The zero-order valence-electron chi connectivity index (χ0n) is 9.69. The Balaban J connectivity index is 2.26. The average molecular weight is 256 g/mol. The quantitative estimate of drug-likeness (QED) is 0.567. The Labute approximate surface area is 105 Å². The Morgan fingerprint density at radius 1 is 1.47 bits per heavy atom. The van der Waals surface area contributed by atoms with Gasteiger partial charge in [-0.05, 0) is 12.1 Å². The monoisotopic (exact) mass is 256 g/mol. The molecule has 1 heterocycles. The van der Waals surface area contributed by atoms with Crippen molar-refractivity contribution >= 4 is 18.1 Å². The van der Waals surface area contributed by atoms with E-state index in [4.69, 9.17) is 21.7 Å². The molecule has 0 fully saturated rings. The van der Waals surface area contributed by atoms with Crippen LogP contribution in [-0.2, 0) is 9.47 Å².